The van der Waals surface area contributed by atoms with E-state index in [1.165, 1.54) is 0 Å². The molecule has 23 heavy (non-hydrogen) atoms. The van der Waals surface area contributed by atoms with E-state index in [1.807, 2.05) is 50.2 Å². The van der Waals surface area contributed by atoms with Crippen LogP contribution in [0.25, 0.3) is 0 Å². The van der Waals surface area contributed by atoms with E-state index in [-0.39, 0.29) is 11.2 Å². The van der Waals surface area contributed by atoms with Crippen LogP contribution in [-0.2, 0) is 4.79 Å². The van der Waals surface area contributed by atoms with Crippen molar-refractivity contribution in [3.63, 3.8) is 0 Å². The number of thioether (sulfide) groups is 1. The summed E-state index contributed by atoms with van der Waals surface area (Å²) in [6.45, 7) is 4.45. The molecule has 3 nitrogen and oxygen atoms in total. The first-order chi connectivity index (χ1) is 11.0. The second kappa shape index (κ2) is 8.85. The lowest BCUT2D eigenvalue weighted by molar-refractivity contribution is -0.115. The molecule has 1 amide bonds. The maximum absolute atomic E-state index is 12.1. The van der Waals surface area contributed by atoms with Gasteiger partial charge < -0.3 is 10.1 Å². The summed E-state index contributed by atoms with van der Waals surface area (Å²) in [4.78, 5) is 12.1. The van der Waals surface area contributed by atoms with Gasteiger partial charge in [-0.2, -0.15) is 0 Å². The number of nitrogens with one attached hydrogen (secondary N) is 1. The topological polar surface area (TPSA) is 38.3 Å². The maximum Gasteiger partial charge on any atom is 0.237 e. The van der Waals surface area contributed by atoms with E-state index in [1.54, 1.807) is 23.9 Å². The fourth-order valence-electron chi connectivity index (χ4n) is 1.96. The number of halogens is 1. The number of anilines is 1. The first-order valence-corrected chi connectivity index (χ1v) is 8.85. The van der Waals surface area contributed by atoms with Crippen LogP contribution in [0.2, 0.25) is 5.02 Å². The lowest BCUT2D eigenvalue weighted by Gasteiger charge is -2.13. The predicted octanol–water partition coefficient (Wildman–Crippen LogP) is 4.79. The van der Waals surface area contributed by atoms with Crippen LogP contribution in [0.4, 0.5) is 5.69 Å². The highest BCUT2D eigenvalue weighted by Gasteiger charge is 2.13. The van der Waals surface area contributed by atoms with Gasteiger partial charge in [-0.3, -0.25) is 4.79 Å². The minimum Gasteiger partial charge on any atom is -0.493 e. The zero-order chi connectivity index (χ0) is 16.7. The van der Waals surface area contributed by atoms with Gasteiger partial charge in [0.1, 0.15) is 5.75 Å². The quantitative estimate of drug-likeness (QED) is 0.730. The molecule has 0 heterocycles. The molecule has 2 aromatic rings. The number of carbonyl (C=O) groups excluding carboxylic acids is 1. The van der Waals surface area contributed by atoms with Crippen molar-refractivity contribution >= 4 is 35.0 Å². The van der Waals surface area contributed by atoms with Gasteiger partial charge in [0.15, 0.2) is 0 Å². The second-order valence-corrected chi connectivity index (χ2v) is 7.06. The molecule has 0 aromatic heterocycles. The van der Waals surface area contributed by atoms with Gasteiger partial charge in [0.2, 0.25) is 5.91 Å². The molecule has 0 radical (unpaired) electrons. The zero-order valence-electron chi connectivity index (χ0n) is 13.2. The van der Waals surface area contributed by atoms with E-state index >= 15 is 0 Å². The van der Waals surface area contributed by atoms with E-state index in [0.29, 0.717) is 11.6 Å². The van der Waals surface area contributed by atoms with Crippen molar-refractivity contribution in [3.05, 3.63) is 59.1 Å². The van der Waals surface area contributed by atoms with Crippen molar-refractivity contribution in [1.29, 1.82) is 0 Å². The molecule has 0 saturated heterocycles. The van der Waals surface area contributed by atoms with Gasteiger partial charge in [-0.1, -0.05) is 23.7 Å². The molecule has 122 valence electrons. The van der Waals surface area contributed by atoms with Crippen LogP contribution in [0.1, 0.15) is 12.5 Å². The van der Waals surface area contributed by atoms with E-state index in [9.17, 15) is 4.79 Å². The van der Waals surface area contributed by atoms with Crippen LogP contribution < -0.4 is 10.1 Å². The van der Waals surface area contributed by atoms with E-state index in [4.69, 9.17) is 16.3 Å². The lowest BCUT2D eigenvalue weighted by Crippen LogP contribution is -2.23. The first-order valence-electron chi connectivity index (χ1n) is 7.42. The number of hydrogen-bond donors (Lipinski definition) is 1. The van der Waals surface area contributed by atoms with Gasteiger partial charge in [-0.15, -0.1) is 11.8 Å². The molecule has 0 saturated carbocycles. The highest BCUT2D eigenvalue weighted by Crippen LogP contribution is 2.18. The van der Waals surface area contributed by atoms with E-state index < -0.39 is 0 Å². The van der Waals surface area contributed by atoms with Gasteiger partial charge in [-0.25, -0.2) is 0 Å². The van der Waals surface area contributed by atoms with Crippen molar-refractivity contribution < 1.29 is 9.53 Å². The molecule has 0 aliphatic heterocycles. The Bertz CT molecular complexity index is 646. The third kappa shape index (κ3) is 6.16. The Hall–Kier alpha value is -1.65. The Morgan fingerprint density at radius 1 is 1.26 bits per heavy atom. The van der Waals surface area contributed by atoms with E-state index in [2.05, 4.69) is 5.32 Å². The Kier molecular flexibility index (Phi) is 6.81. The molecule has 0 aliphatic carbocycles. The Morgan fingerprint density at radius 3 is 2.70 bits per heavy atom. The first kappa shape index (κ1) is 17.7. The Labute approximate surface area is 146 Å². The molecule has 2 rings (SSSR count). The summed E-state index contributed by atoms with van der Waals surface area (Å²) in [6, 6.07) is 15.0. The third-order valence-electron chi connectivity index (χ3n) is 3.19. The van der Waals surface area contributed by atoms with Gasteiger partial charge in [0, 0.05) is 16.5 Å². The highest BCUT2D eigenvalue weighted by molar-refractivity contribution is 8.00. The van der Waals surface area contributed by atoms with Crippen LogP contribution in [0.15, 0.2) is 48.5 Å². The zero-order valence-corrected chi connectivity index (χ0v) is 14.8. The van der Waals surface area contributed by atoms with Crippen molar-refractivity contribution in [2.75, 3.05) is 17.7 Å². The van der Waals surface area contributed by atoms with Crippen molar-refractivity contribution in [2.24, 2.45) is 0 Å². The van der Waals surface area contributed by atoms with Crippen molar-refractivity contribution in [1.82, 2.24) is 0 Å². The number of amides is 1. The number of aryl methyl sites for hydroxylation is 1. The van der Waals surface area contributed by atoms with Crippen LogP contribution in [0.5, 0.6) is 5.75 Å². The normalized spacial score (nSPS) is 11.8. The standard InChI is InChI=1S/C18H20ClNO2S/c1-13-4-3-5-16(12-13)20-18(21)14(2)23-11-10-22-17-8-6-15(19)7-9-17/h3-9,12,14H,10-11H2,1-2H3,(H,20,21). The molecule has 1 unspecified atom stereocenters. The van der Waals surface area contributed by atoms with Gasteiger partial charge in [0.05, 0.1) is 11.9 Å². The summed E-state index contributed by atoms with van der Waals surface area (Å²) in [5, 5.41) is 3.49. The molecule has 5 heteroatoms. The monoisotopic (exact) mass is 349 g/mol. The third-order valence-corrected chi connectivity index (χ3v) is 4.56. The largest absolute Gasteiger partial charge is 0.493 e. The maximum atomic E-state index is 12.1. The minimum atomic E-state index is -0.135. The highest BCUT2D eigenvalue weighted by atomic mass is 35.5. The molecule has 1 atom stereocenters. The molecule has 1 N–H and O–H groups in total. The van der Waals surface area contributed by atoms with Crippen LogP contribution in [0, 0.1) is 6.92 Å². The molecule has 2 aromatic carbocycles. The van der Waals surface area contributed by atoms with Crippen LogP contribution in [0.3, 0.4) is 0 Å². The van der Waals surface area contributed by atoms with Crippen molar-refractivity contribution in [3.8, 4) is 5.75 Å². The lowest BCUT2D eigenvalue weighted by atomic mass is 10.2. The number of hydrogen-bond acceptors (Lipinski definition) is 3. The fourth-order valence-corrected chi connectivity index (χ4v) is 2.83. The molecular formula is C18H20ClNO2S. The van der Waals surface area contributed by atoms with E-state index in [0.717, 1.165) is 22.8 Å². The van der Waals surface area contributed by atoms with Crippen LogP contribution >= 0.6 is 23.4 Å². The predicted molar refractivity (Wildman–Crippen MR) is 98.7 cm³/mol. The van der Waals surface area contributed by atoms with Gasteiger partial charge in [0.25, 0.3) is 0 Å². The average molecular weight is 350 g/mol. The molecule has 0 spiro atoms. The number of ether oxygens (including phenoxy) is 1. The number of carbonyl (C=O) groups is 1. The summed E-state index contributed by atoms with van der Waals surface area (Å²) in [5.74, 6) is 1.53. The summed E-state index contributed by atoms with van der Waals surface area (Å²) >= 11 is 7.39. The van der Waals surface area contributed by atoms with Crippen molar-refractivity contribution in [2.45, 2.75) is 19.1 Å². The molecule has 0 aliphatic rings. The summed E-state index contributed by atoms with van der Waals surface area (Å²) < 4.78 is 5.61. The smallest absolute Gasteiger partial charge is 0.237 e. The van der Waals surface area contributed by atoms with Crippen LogP contribution in [-0.4, -0.2) is 23.5 Å². The number of benzene rings is 2. The Balaban J connectivity index is 1.70. The minimum absolute atomic E-state index is 0.00657. The summed E-state index contributed by atoms with van der Waals surface area (Å²) in [5.41, 5.74) is 1.96. The second-order valence-electron chi connectivity index (χ2n) is 5.17. The SMILES string of the molecule is Cc1cccc(NC(=O)C(C)SCCOc2ccc(Cl)cc2)c1. The van der Waals surface area contributed by atoms with Gasteiger partial charge >= 0.3 is 0 Å². The molecular weight excluding hydrogens is 330 g/mol. The molecule has 0 bridgehead atoms. The Morgan fingerprint density at radius 2 is 2.00 bits per heavy atom. The molecule has 0 fully saturated rings. The summed E-state index contributed by atoms with van der Waals surface area (Å²) in [7, 11) is 0. The summed E-state index contributed by atoms with van der Waals surface area (Å²) in [6.07, 6.45) is 0. The van der Waals surface area contributed by atoms with Gasteiger partial charge in [-0.05, 0) is 55.8 Å². The fraction of sp³-hybridized carbons (Fsp3) is 0.278. The average Bonchev–Trinajstić information content (AvgIpc) is 2.53. The number of rotatable bonds is 7.